The van der Waals surface area contributed by atoms with Crippen molar-refractivity contribution in [2.24, 2.45) is 0 Å². The molecule has 2 aromatic heterocycles. The maximum Gasteiger partial charge on any atom is 0.193 e. The van der Waals surface area contributed by atoms with E-state index in [0.717, 1.165) is 5.03 Å². The van der Waals surface area contributed by atoms with Gasteiger partial charge in [-0.05, 0) is 17.8 Å². The van der Waals surface area contributed by atoms with Gasteiger partial charge in [-0.25, -0.2) is 19.9 Å². The summed E-state index contributed by atoms with van der Waals surface area (Å²) >= 11 is 1.35. The van der Waals surface area contributed by atoms with Gasteiger partial charge in [-0.15, -0.1) is 0 Å². The number of hydrogen-bond acceptors (Lipinski definition) is 7. The van der Waals surface area contributed by atoms with Crippen LogP contribution in [0.3, 0.4) is 0 Å². The summed E-state index contributed by atoms with van der Waals surface area (Å²) < 4.78 is 5.13. The van der Waals surface area contributed by atoms with E-state index in [2.05, 4.69) is 19.9 Å². The molecule has 0 aliphatic carbocycles. The molecule has 0 spiro atoms. The number of nitrogen functional groups attached to an aromatic ring is 1. The predicted octanol–water partition coefficient (Wildman–Crippen LogP) is 1.01. The largest absolute Gasteiger partial charge is 0.490 e. The summed E-state index contributed by atoms with van der Waals surface area (Å²) in [7, 11) is 1.53. The van der Waals surface area contributed by atoms with Gasteiger partial charge < -0.3 is 10.5 Å². The number of rotatable bonds is 3. The van der Waals surface area contributed by atoms with Crippen molar-refractivity contribution in [3.8, 4) is 5.75 Å². The highest BCUT2D eigenvalue weighted by Crippen LogP contribution is 2.33. The molecule has 6 nitrogen and oxygen atoms in total. The number of anilines is 1. The molecule has 0 aromatic carbocycles. The first kappa shape index (κ1) is 10.6. The van der Waals surface area contributed by atoms with Crippen LogP contribution in [0.4, 0.5) is 5.82 Å². The zero-order valence-electron chi connectivity index (χ0n) is 8.49. The summed E-state index contributed by atoms with van der Waals surface area (Å²) in [6, 6.07) is 1.78. The van der Waals surface area contributed by atoms with Crippen molar-refractivity contribution < 1.29 is 4.74 Å². The van der Waals surface area contributed by atoms with Gasteiger partial charge in [0.15, 0.2) is 11.6 Å². The third kappa shape index (κ3) is 2.19. The van der Waals surface area contributed by atoms with Crippen molar-refractivity contribution in [2.45, 2.75) is 10.1 Å². The highest BCUT2D eigenvalue weighted by Gasteiger charge is 2.11. The van der Waals surface area contributed by atoms with E-state index in [9.17, 15) is 0 Å². The molecule has 0 unspecified atom stereocenters. The van der Waals surface area contributed by atoms with Gasteiger partial charge in [0.25, 0.3) is 0 Å². The van der Waals surface area contributed by atoms with Crippen LogP contribution in [-0.4, -0.2) is 27.0 Å². The summed E-state index contributed by atoms with van der Waals surface area (Å²) in [5.74, 6) is 0.778. The van der Waals surface area contributed by atoms with E-state index < -0.39 is 0 Å². The second kappa shape index (κ2) is 4.75. The van der Waals surface area contributed by atoms with Crippen molar-refractivity contribution in [3.05, 3.63) is 24.9 Å². The van der Waals surface area contributed by atoms with E-state index in [1.807, 2.05) is 0 Å². The lowest BCUT2D eigenvalue weighted by Gasteiger charge is -2.07. The van der Waals surface area contributed by atoms with Crippen molar-refractivity contribution in [2.75, 3.05) is 12.8 Å². The van der Waals surface area contributed by atoms with Crippen LogP contribution in [-0.2, 0) is 0 Å². The minimum atomic E-state index is 0.314. The number of ether oxygens (including phenoxy) is 1. The van der Waals surface area contributed by atoms with Crippen molar-refractivity contribution >= 4 is 17.6 Å². The normalized spacial score (nSPS) is 10.1. The van der Waals surface area contributed by atoms with Gasteiger partial charge in [0.1, 0.15) is 22.7 Å². The van der Waals surface area contributed by atoms with Crippen LogP contribution >= 0.6 is 11.8 Å². The highest BCUT2D eigenvalue weighted by atomic mass is 32.2. The molecule has 7 heteroatoms. The zero-order chi connectivity index (χ0) is 11.4. The Labute approximate surface area is 96.3 Å². The maximum atomic E-state index is 5.66. The summed E-state index contributed by atoms with van der Waals surface area (Å²) in [4.78, 5) is 15.8. The third-order valence-corrected chi connectivity index (χ3v) is 2.69. The summed E-state index contributed by atoms with van der Waals surface area (Å²) in [5.41, 5.74) is 5.66. The van der Waals surface area contributed by atoms with Gasteiger partial charge in [0.05, 0.1) is 7.11 Å². The SMILES string of the molecule is COc1c(N)ncnc1Sc1ccncn1. The van der Waals surface area contributed by atoms with E-state index in [4.69, 9.17) is 10.5 Å². The molecular weight excluding hydrogens is 226 g/mol. The van der Waals surface area contributed by atoms with Gasteiger partial charge in [-0.1, -0.05) is 0 Å². The minimum Gasteiger partial charge on any atom is -0.490 e. The predicted molar refractivity (Wildman–Crippen MR) is 59.2 cm³/mol. The first-order valence-electron chi connectivity index (χ1n) is 4.39. The Kier molecular flexibility index (Phi) is 3.16. The van der Waals surface area contributed by atoms with Crippen LogP contribution < -0.4 is 10.5 Å². The molecule has 82 valence electrons. The smallest absolute Gasteiger partial charge is 0.193 e. The Morgan fingerprint density at radius 1 is 1.25 bits per heavy atom. The molecule has 0 aliphatic rings. The van der Waals surface area contributed by atoms with E-state index >= 15 is 0 Å². The van der Waals surface area contributed by atoms with Crippen LogP contribution in [0.5, 0.6) is 5.75 Å². The Hall–Kier alpha value is -1.89. The lowest BCUT2D eigenvalue weighted by molar-refractivity contribution is 0.401. The highest BCUT2D eigenvalue weighted by molar-refractivity contribution is 7.99. The lowest BCUT2D eigenvalue weighted by Crippen LogP contribution is -1.99. The van der Waals surface area contributed by atoms with Crippen molar-refractivity contribution in [1.82, 2.24) is 19.9 Å². The van der Waals surface area contributed by atoms with Crippen molar-refractivity contribution in [1.29, 1.82) is 0 Å². The quantitative estimate of drug-likeness (QED) is 0.794. The molecule has 2 rings (SSSR count). The van der Waals surface area contributed by atoms with E-state index in [-0.39, 0.29) is 0 Å². The van der Waals surface area contributed by atoms with Crippen LogP contribution in [0.25, 0.3) is 0 Å². The molecule has 2 N–H and O–H groups in total. The molecule has 0 amide bonds. The van der Waals surface area contributed by atoms with Gasteiger partial charge >= 0.3 is 0 Å². The molecule has 0 bridgehead atoms. The monoisotopic (exact) mass is 235 g/mol. The molecular formula is C9H9N5OS. The van der Waals surface area contributed by atoms with Crippen LogP contribution in [0.15, 0.2) is 35.0 Å². The summed E-state index contributed by atoms with van der Waals surface area (Å²) in [5, 5.41) is 1.40. The fraction of sp³-hybridized carbons (Fsp3) is 0.111. The Morgan fingerprint density at radius 2 is 2.12 bits per heavy atom. The van der Waals surface area contributed by atoms with Crippen LogP contribution in [0.2, 0.25) is 0 Å². The molecule has 0 aliphatic heterocycles. The number of nitrogens with zero attached hydrogens (tertiary/aromatic N) is 4. The first-order chi connectivity index (χ1) is 7.81. The van der Waals surface area contributed by atoms with Crippen LogP contribution in [0.1, 0.15) is 0 Å². The first-order valence-corrected chi connectivity index (χ1v) is 5.21. The molecule has 0 atom stereocenters. The Morgan fingerprint density at radius 3 is 2.81 bits per heavy atom. The lowest BCUT2D eigenvalue weighted by atomic mass is 10.5. The Bertz CT molecular complexity index is 479. The number of hydrogen-bond donors (Lipinski definition) is 1. The summed E-state index contributed by atoms with van der Waals surface area (Å²) in [6.07, 6.45) is 4.52. The van der Waals surface area contributed by atoms with E-state index in [0.29, 0.717) is 16.6 Å². The molecule has 0 radical (unpaired) electrons. The molecule has 2 heterocycles. The molecule has 0 fully saturated rings. The van der Waals surface area contributed by atoms with Gasteiger partial charge in [-0.2, -0.15) is 0 Å². The molecule has 0 saturated carbocycles. The average Bonchev–Trinajstić information content (AvgIpc) is 2.31. The van der Waals surface area contributed by atoms with Gasteiger partial charge in [0.2, 0.25) is 0 Å². The standard InChI is InChI=1S/C9H9N5OS/c1-15-7-8(10)13-5-14-9(7)16-6-2-3-11-4-12-6/h2-5H,1H3,(H2,10,13,14). The van der Waals surface area contributed by atoms with E-state index in [1.54, 1.807) is 12.3 Å². The number of methoxy groups -OCH3 is 1. The zero-order valence-corrected chi connectivity index (χ0v) is 9.31. The third-order valence-electron chi connectivity index (χ3n) is 1.76. The fourth-order valence-corrected chi connectivity index (χ4v) is 1.88. The maximum absolute atomic E-state index is 5.66. The topological polar surface area (TPSA) is 86.8 Å². The van der Waals surface area contributed by atoms with Gasteiger partial charge in [-0.3, -0.25) is 0 Å². The fourth-order valence-electron chi connectivity index (χ4n) is 1.07. The summed E-state index contributed by atoms with van der Waals surface area (Å²) in [6.45, 7) is 0. The molecule has 2 aromatic rings. The van der Waals surface area contributed by atoms with E-state index in [1.165, 1.54) is 31.5 Å². The molecule has 16 heavy (non-hydrogen) atoms. The number of nitrogens with two attached hydrogens (primary N) is 1. The second-order valence-electron chi connectivity index (χ2n) is 2.75. The molecule has 0 saturated heterocycles. The minimum absolute atomic E-state index is 0.314. The Balaban J connectivity index is 2.31. The van der Waals surface area contributed by atoms with Crippen LogP contribution in [0, 0.1) is 0 Å². The van der Waals surface area contributed by atoms with Gasteiger partial charge in [0, 0.05) is 6.20 Å². The average molecular weight is 235 g/mol. The second-order valence-corrected chi connectivity index (χ2v) is 3.76. The number of aromatic nitrogens is 4. The van der Waals surface area contributed by atoms with Crippen molar-refractivity contribution in [3.63, 3.8) is 0 Å².